The molecule has 3 fully saturated rings. The number of carboxylic acid groups (broad SMARTS) is 1. The molecular weight excluding hydrogens is 500 g/mol. The lowest BCUT2D eigenvalue weighted by Crippen LogP contribution is -2.51. The van der Waals surface area contributed by atoms with E-state index in [1.165, 1.54) is 12.5 Å². The van der Waals surface area contributed by atoms with E-state index in [0.29, 0.717) is 49.3 Å². The summed E-state index contributed by atoms with van der Waals surface area (Å²) in [5.74, 6) is 0.963. The van der Waals surface area contributed by atoms with Crippen LogP contribution >= 0.6 is 0 Å². The number of nitrogens with two attached hydrogens (primary N) is 3. The van der Waals surface area contributed by atoms with Crippen LogP contribution in [0.15, 0.2) is 16.6 Å². The van der Waals surface area contributed by atoms with Crippen LogP contribution in [0.4, 0.5) is 0 Å². The molecule has 0 amide bonds. The second-order valence-electron chi connectivity index (χ2n) is 12.3. The van der Waals surface area contributed by atoms with Crippen LogP contribution in [0.1, 0.15) is 85.0 Å². The van der Waals surface area contributed by atoms with Crippen LogP contribution < -0.4 is 17.2 Å². The molecule has 4 aliphatic carbocycles. The zero-order valence-corrected chi connectivity index (χ0v) is 23.6. The first kappa shape index (κ1) is 30.8. The standard InChI is InChI=1S/C23H32O4.C6H14N4O2/c1-14(24)27-13-21(26)20-7-6-18-17-5-4-15-12-16(25)8-10-22(15,2)19(17)9-11-23(18,20)3;7-4(5(11)12)2-1-3-10-6(8)9/h12,17-20H,4-11,13H2,1-3H3;4H,1-3,7H2,(H,11,12)(H4,8,9,10)/t17-,18-,19-,20+,22-,23-;4-/m00/s1. The monoisotopic (exact) mass is 546 g/mol. The van der Waals surface area contributed by atoms with Gasteiger partial charge in [-0.05, 0) is 92.4 Å². The van der Waals surface area contributed by atoms with E-state index < -0.39 is 12.0 Å². The van der Waals surface area contributed by atoms with Gasteiger partial charge in [0, 0.05) is 25.8 Å². The number of Topliss-reactive ketones (excluding diaryl/α,β-unsaturated/α-hetero) is 1. The average Bonchev–Trinajstić information content (AvgIpc) is 3.23. The first-order valence-corrected chi connectivity index (χ1v) is 14.2. The van der Waals surface area contributed by atoms with Crippen molar-refractivity contribution >= 4 is 29.5 Å². The summed E-state index contributed by atoms with van der Waals surface area (Å²) in [4.78, 5) is 49.7. The van der Waals surface area contributed by atoms with Crippen molar-refractivity contribution in [3.05, 3.63) is 11.6 Å². The third-order valence-electron chi connectivity index (χ3n) is 10.1. The van der Waals surface area contributed by atoms with Gasteiger partial charge in [0.05, 0.1) is 0 Å². The number of ketones is 2. The van der Waals surface area contributed by atoms with Gasteiger partial charge >= 0.3 is 11.9 Å². The highest BCUT2D eigenvalue weighted by Crippen LogP contribution is 2.66. The molecule has 39 heavy (non-hydrogen) atoms. The molecule has 0 aromatic carbocycles. The number of rotatable bonds is 8. The summed E-state index contributed by atoms with van der Waals surface area (Å²) in [7, 11) is 0. The number of fused-ring (bicyclic) bond motifs is 5. The number of carbonyl (C=O) groups excluding carboxylic acids is 3. The van der Waals surface area contributed by atoms with Crippen molar-refractivity contribution in [3.8, 4) is 0 Å². The van der Waals surface area contributed by atoms with Crippen LogP contribution in [0, 0.1) is 34.5 Å². The zero-order chi connectivity index (χ0) is 29.0. The summed E-state index contributed by atoms with van der Waals surface area (Å²) in [5, 5.41) is 8.38. The molecular formula is C29H46N4O6. The number of esters is 1. The van der Waals surface area contributed by atoms with Crippen LogP contribution in [0.25, 0.3) is 0 Å². The van der Waals surface area contributed by atoms with Crippen molar-refractivity contribution in [2.75, 3.05) is 13.2 Å². The highest BCUT2D eigenvalue weighted by molar-refractivity contribution is 5.91. The summed E-state index contributed by atoms with van der Waals surface area (Å²) >= 11 is 0. The van der Waals surface area contributed by atoms with E-state index in [1.54, 1.807) is 0 Å². The van der Waals surface area contributed by atoms with Gasteiger partial charge in [0.25, 0.3) is 0 Å². The molecule has 0 aromatic heterocycles. The Kier molecular flexibility index (Phi) is 9.96. The van der Waals surface area contributed by atoms with E-state index in [0.717, 1.165) is 44.9 Å². The highest BCUT2D eigenvalue weighted by atomic mass is 16.5. The molecule has 3 saturated carbocycles. The maximum atomic E-state index is 12.8. The predicted molar refractivity (Wildman–Crippen MR) is 147 cm³/mol. The molecule has 0 aliphatic heterocycles. The van der Waals surface area contributed by atoms with Gasteiger partial charge in [-0.25, -0.2) is 0 Å². The van der Waals surface area contributed by atoms with Crippen LogP contribution in [0.2, 0.25) is 0 Å². The Labute approximate surface area is 231 Å². The fourth-order valence-corrected chi connectivity index (χ4v) is 8.00. The minimum Gasteiger partial charge on any atom is -0.480 e. The van der Waals surface area contributed by atoms with Crippen molar-refractivity contribution in [1.82, 2.24) is 0 Å². The molecule has 10 heteroatoms. The lowest BCUT2D eigenvalue weighted by atomic mass is 9.46. The minimum absolute atomic E-state index is 0.0129. The maximum absolute atomic E-state index is 12.8. The summed E-state index contributed by atoms with van der Waals surface area (Å²) in [6.45, 7) is 6.42. The van der Waals surface area contributed by atoms with Crippen molar-refractivity contribution in [1.29, 1.82) is 0 Å². The summed E-state index contributed by atoms with van der Waals surface area (Å²) in [6.07, 6.45) is 11.1. The van der Waals surface area contributed by atoms with Crippen LogP contribution in [0.5, 0.6) is 0 Å². The Morgan fingerprint density at radius 1 is 1.10 bits per heavy atom. The number of nitrogens with zero attached hydrogens (tertiary/aromatic N) is 1. The van der Waals surface area contributed by atoms with Crippen LogP contribution in [-0.4, -0.2) is 53.8 Å². The Bertz CT molecular complexity index is 1020. The van der Waals surface area contributed by atoms with Gasteiger partial charge in [-0.1, -0.05) is 19.4 Å². The summed E-state index contributed by atoms with van der Waals surface area (Å²) in [6, 6.07) is -0.820. The van der Waals surface area contributed by atoms with Gasteiger partial charge in [-0.3, -0.25) is 24.2 Å². The molecule has 218 valence electrons. The Hall–Kier alpha value is -2.75. The number of allylic oxidation sites excluding steroid dienone is 1. The first-order valence-electron chi connectivity index (χ1n) is 14.2. The lowest BCUT2D eigenvalue weighted by molar-refractivity contribution is -0.149. The van der Waals surface area contributed by atoms with Crippen molar-refractivity contribution in [2.24, 2.45) is 56.7 Å². The van der Waals surface area contributed by atoms with Gasteiger partial charge in [-0.2, -0.15) is 0 Å². The molecule has 7 N–H and O–H groups in total. The van der Waals surface area contributed by atoms with Crippen LogP contribution in [0.3, 0.4) is 0 Å². The van der Waals surface area contributed by atoms with Gasteiger partial charge in [-0.15, -0.1) is 0 Å². The number of carboxylic acids is 1. The zero-order valence-electron chi connectivity index (χ0n) is 23.6. The number of aliphatic carboxylic acids is 1. The molecule has 0 saturated heterocycles. The topological polar surface area (TPSA) is 188 Å². The molecule has 0 bridgehead atoms. The van der Waals surface area contributed by atoms with Crippen LogP contribution in [-0.2, 0) is 23.9 Å². The van der Waals surface area contributed by atoms with Gasteiger partial charge < -0.3 is 27.0 Å². The number of hydrogen-bond donors (Lipinski definition) is 4. The van der Waals surface area contributed by atoms with E-state index in [1.807, 2.05) is 6.08 Å². The van der Waals surface area contributed by atoms with Gasteiger partial charge in [0.2, 0.25) is 0 Å². The van der Waals surface area contributed by atoms with E-state index in [4.69, 9.17) is 27.0 Å². The molecule has 0 radical (unpaired) electrons. The second kappa shape index (κ2) is 12.6. The predicted octanol–water partition coefficient (Wildman–Crippen LogP) is 2.72. The first-order chi connectivity index (χ1) is 18.3. The quantitative estimate of drug-likeness (QED) is 0.153. The third kappa shape index (κ3) is 6.88. The van der Waals surface area contributed by atoms with Crippen molar-refractivity contribution in [3.63, 3.8) is 0 Å². The van der Waals surface area contributed by atoms with E-state index in [9.17, 15) is 19.2 Å². The number of hydrogen-bond acceptors (Lipinski definition) is 7. The number of carbonyl (C=O) groups is 4. The van der Waals surface area contributed by atoms with E-state index in [2.05, 4.69) is 18.8 Å². The van der Waals surface area contributed by atoms with Crippen molar-refractivity contribution in [2.45, 2.75) is 91.0 Å². The molecule has 0 heterocycles. The number of aliphatic imine (C=N–C) groups is 1. The van der Waals surface area contributed by atoms with Gasteiger partial charge in [0.1, 0.15) is 12.6 Å². The summed E-state index contributed by atoms with van der Waals surface area (Å²) < 4.78 is 5.02. The Morgan fingerprint density at radius 3 is 2.46 bits per heavy atom. The summed E-state index contributed by atoms with van der Waals surface area (Å²) in [5.41, 5.74) is 16.9. The lowest BCUT2D eigenvalue weighted by Gasteiger charge is -2.58. The molecule has 10 nitrogen and oxygen atoms in total. The molecule has 0 spiro atoms. The molecule has 0 unspecified atom stereocenters. The fraction of sp³-hybridized carbons (Fsp3) is 0.759. The SMILES string of the molecule is CC(=O)OCC(=O)[C@H]1CC[C@H]2[C@@H]3CCC4=CC(=O)CC[C@]4(C)[C@H]3CC[C@]12C.NC(N)=NCCC[C@H](N)C(=O)O. The fourth-order valence-electron chi connectivity index (χ4n) is 8.00. The normalized spacial score (nSPS) is 33.6. The highest BCUT2D eigenvalue weighted by Gasteiger charge is 2.60. The molecule has 4 rings (SSSR count). The van der Waals surface area contributed by atoms with E-state index in [-0.39, 0.29) is 41.1 Å². The second-order valence-corrected chi connectivity index (χ2v) is 12.3. The maximum Gasteiger partial charge on any atom is 0.320 e. The molecule has 4 aliphatic rings. The number of guanidine groups is 1. The smallest absolute Gasteiger partial charge is 0.320 e. The number of ether oxygens (including phenoxy) is 1. The van der Waals surface area contributed by atoms with Crippen molar-refractivity contribution < 1.29 is 29.0 Å². The van der Waals surface area contributed by atoms with Gasteiger partial charge in [0.15, 0.2) is 17.5 Å². The largest absolute Gasteiger partial charge is 0.480 e. The third-order valence-corrected chi connectivity index (χ3v) is 10.1. The Balaban J connectivity index is 0.000000298. The Morgan fingerprint density at radius 2 is 1.82 bits per heavy atom. The molecule has 7 atom stereocenters. The van der Waals surface area contributed by atoms with E-state index >= 15 is 0 Å². The average molecular weight is 547 g/mol. The molecule has 0 aromatic rings. The minimum atomic E-state index is -1.00.